The summed E-state index contributed by atoms with van der Waals surface area (Å²) >= 11 is 0. The molecule has 0 radical (unpaired) electrons. The van der Waals surface area contributed by atoms with Gasteiger partial charge in [-0.05, 0) is 36.9 Å². The van der Waals surface area contributed by atoms with E-state index in [1.165, 1.54) is 6.42 Å². The Kier molecular flexibility index (Phi) is 4.07. The Morgan fingerprint density at radius 2 is 2.06 bits per heavy atom. The molecule has 100 valence electrons. The fourth-order valence-corrected chi connectivity index (χ4v) is 4.18. The van der Waals surface area contributed by atoms with E-state index in [1.54, 1.807) is 12.1 Å². The lowest BCUT2D eigenvalue weighted by atomic mass is 10.1. The zero-order valence-corrected chi connectivity index (χ0v) is 11.8. The molecule has 1 N–H and O–H groups in total. The van der Waals surface area contributed by atoms with Crippen molar-refractivity contribution in [1.29, 1.82) is 0 Å². The van der Waals surface area contributed by atoms with Gasteiger partial charge in [-0.1, -0.05) is 32.0 Å². The fraction of sp³-hybridized carbons (Fsp3) is 0.571. The first-order valence-electron chi connectivity index (χ1n) is 6.56. The SMILES string of the molecule is CC(C)CCCNC1CS(=O)(=O)c2ccccc21. The first-order chi connectivity index (χ1) is 8.50. The molecule has 1 aliphatic rings. The van der Waals surface area contributed by atoms with E-state index in [0.29, 0.717) is 10.8 Å². The number of sulfone groups is 1. The first kappa shape index (κ1) is 13.6. The fourth-order valence-electron chi connectivity index (χ4n) is 2.41. The third kappa shape index (κ3) is 2.93. The standard InChI is InChI=1S/C14H21NO2S/c1-11(2)6-5-9-15-13-10-18(16,17)14-8-4-3-7-12(13)14/h3-4,7-8,11,13,15H,5-6,9-10H2,1-2H3. The number of rotatable bonds is 5. The monoisotopic (exact) mass is 267 g/mol. The molecule has 18 heavy (non-hydrogen) atoms. The van der Waals surface area contributed by atoms with Crippen molar-refractivity contribution in [2.24, 2.45) is 5.92 Å². The smallest absolute Gasteiger partial charge is 0.180 e. The average Bonchev–Trinajstić information content (AvgIpc) is 2.57. The Balaban J connectivity index is 2.00. The molecule has 4 heteroatoms. The summed E-state index contributed by atoms with van der Waals surface area (Å²) in [7, 11) is -3.07. The second-order valence-corrected chi connectivity index (χ2v) is 7.36. The van der Waals surface area contributed by atoms with Gasteiger partial charge in [0.05, 0.1) is 10.6 Å². The molecule has 0 bridgehead atoms. The van der Waals surface area contributed by atoms with E-state index in [1.807, 2.05) is 12.1 Å². The van der Waals surface area contributed by atoms with Crippen LogP contribution in [0.3, 0.4) is 0 Å². The molecule has 1 aromatic carbocycles. The van der Waals surface area contributed by atoms with Crippen LogP contribution in [0, 0.1) is 5.92 Å². The molecule has 1 aromatic rings. The summed E-state index contributed by atoms with van der Waals surface area (Å²) in [5, 5.41) is 3.37. The Bertz CT molecular complexity index is 508. The van der Waals surface area contributed by atoms with Gasteiger partial charge in [0.1, 0.15) is 0 Å². The Hall–Kier alpha value is -0.870. The van der Waals surface area contributed by atoms with Crippen molar-refractivity contribution >= 4 is 9.84 Å². The molecule has 0 saturated carbocycles. The van der Waals surface area contributed by atoms with Gasteiger partial charge in [-0.3, -0.25) is 0 Å². The van der Waals surface area contributed by atoms with Crippen molar-refractivity contribution in [3.8, 4) is 0 Å². The summed E-state index contributed by atoms with van der Waals surface area (Å²) in [5.41, 5.74) is 0.932. The van der Waals surface area contributed by atoms with Crippen LogP contribution < -0.4 is 5.32 Å². The van der Waals surface area contributed by atoms with Gasteiger partial charge in [-0.25, -0.2) is 8.42 Å². The van der Waals surface area contributed by atoms with Gasteiger partial charge in [0.15, 0.2) is 9.84 Å². The first-order valence-corrected chi connectivity index (χ1v) is 8.21. The second-order valence-electron chi connectivity index (χ2n) is 5.36. The highest BCUT2D eigenvalue weighted by atomic mass is 32.2. The zero-order valence-electron chi connectivity index (χ0n) is 11.0. The molecule has 0 saturated heterocycles. The van der Waals surface area contributed by atoms with Gasteiger partial charge >= 0.3 is 0 Å². The summed E-state index contributed by atoms with van der Waals surface area (Å²) in [4.78, 5) is 0.506. The van der Waals surface area contributed by atoms with E-state index in [4.69, 9.17) is 0 Å². The minimum atomic E-state index is -3.07. The molecule has 0 aromatic heterocycles. The van der Waals surface area contributed by atoms with Crippen molar-refractivity contribution < 1.29 is 8.42 Å². The Morgan fingerprint density at radius 3 is 2.78 bits per heavy atom. The van der Waals surface area contributed by atoms with Crippen LogP contribution in [0.25, 0.3) is 0 Å². The molecule has 1 heterocycles. The quantitative estimate of drug-likeness (QED) is 0.834. The number of hydrogen-bond acceptors (Lipinski definition) is 3. The minimum Gasteiger partial charge on any atom is -0.309 e. The van der Waals surface area contributed by atoms with Crippen molar-refractivity contribution in [2.45, 2.75) is 37.6 Å². The molecule has 2 rings (SSSR count). The number of fused-ring (bicyclic) bond motifs is 1. The molecule has 0 amide bonds. The molecule has 1 unspecified atom stereocenters. The van der Waals surface area contributed by atoms with Crippen LogP contribution in [0.5, 0.6) is 0 Å². The van der Waals surface area contributed by atoms with Gasteiger partial charge < -0.3 is 5.32 Å². The number of hydrogen-bond donors (Lipinski definition) is 1. The van der Waals surface area contributed by atoms with Crippen LogP contribution in [-0.4, -0.2) is 20.7 Å². The highest BCUT2D eigenvalue weighted by Crippen LogP contribution is 2.32. The van der Waals surface area contributed by atoms with Crippen molar-refractivity contribution in [3.63, 3.8) is 0 Å². The summed E-state index contributed by atoms with van der Waals surface area (Å²) in [5.74, 6) is 0.903. The average molecular weight is 267 g/mol. The van der Waals surface area contributed by atoms with Gasteiger partial charge in [-0.15, -0.1) is 0 Å². The van der Waals surface area contributed by atoms with Crippen LogP contribution in [0.4, 0.5) is 0 Å². The normalized spacial score (nSPS) is 21.2. The van der Waals surface area contributed by atoms with Gasteiger partial charge in [0, 0.05) is 6.04 Å². The molecule has 0 aliphatic carbocycles. The molecule has 1 aliphatic heterocycles. The molecule has 0 fully saturated rings. The molecular formula is C14H21NO2S. The Morgan fingerprint density at radius 1 is 1.33 bits per heavy atom. The lowest BCUT2D eigenvalue weighted by molar-refractivity contribution is 0.498. The van der Waals surface area contributed by atoms with Gasteiger partial charge in [0.2, 0.25) is 0 Å². The molecule has 1 atom stereocenters. The highest BCUT2D eigenvalue weighted by Gasteiger charge is 2.33. The lowest BCUT2D eigenvalue weighted by Crippen LogP contribution is -2.24. The maximum Gasteiger partial charge on any atom is 0.180 e. The summed E-state index contributed by atoms with van der Waals surface area (Å²) in [6.45, 7) is 5.29. The minimum absolute atomic E-state index is 0.0293. The van der Waals surface area contributed by atoms with Crippen LogP contribution in [0.1, 0.15) is 38.3 Å². The second kappa shape index (κ2) is 5.41. The highest BCUT2D eigenvalue weighted by molar-refractivity contribution is 7.91. The van der Waals surface area contributed by atoms with Gasteiger partial charge in [0.25, 0.3) is 0 Å². The van der Waals surface area contributed by atoms with E-state index in [9.17, 15) is 8.42 Å². The maximum atomic E-state index is 12.0. The third-order valence-corrected chi connectivity index (χ3v) is 5.18. The van der Waals surface area contributed by atoms with E-state index in [2.05, 4.69) is 19.2 Å². The van der Waals surface area contributed by atoms with Crippen molar-refractivity contribution in [1.82, 2.24) is 5.32 Å². The van der Waals surface area contributed by atoms with E-state index >= 15 is 0 Å². The van der Waals surface area contributed by atoms with E-state index in [-0.39, 0.29) is 11.8 Å². The van der Waals surface area contributed by atoms with Crippen LogP contribution in [0.2, 0.25) is 0 Å². The van der Waals surface area contributed by atoms with Crippen LogP contribution in [-0.2, 0) is 9.84 Å². The number of benzene rings is 1. The largest absolute Gasteiger partial charge is 0.309 e. The summed E-state index contributed by atoms with van der Waals surface area (Å²) in [6, 6.07) is 7.29. The Labute approximate surface area is 110 Å². The number of nitrogens with one attached hydrogen (secondary N) is 1. The van der Waals surface area contributed by atoms with E-state index < -0.39 is 9.84 Å². The summed E-state index contributed by atoms with van der Waals surface area (Å²) in [6.07, 6.45) is 2.27. The van der Waals surface area contributed by atoms with E-state index in [0.717, 1.165) is 18.5 Å². The predicted molar refractivity (Wildman–Crippen MR) is 73.3 cm³/mol. The van der Waals surface area contributed by atoms with Gasteiger partial charge in [-0.2, -0.15) is 0 Å². The summed E-state index contributed by atoms with van der Waals surface area (Å²) < 4.78 is 23.9. The maximum absolute atomic E-state index is 12.0. The topological polar surface area (TPSA) is 46.2 Å². The van der Waals surface area contributed by atoms with Crippen LogP contribution in [0.15, 0.2) is 29.2 Å². The van der Waals surface area contributed by atoms with Crippen molar-refractivity contribution in [2.75, 3.05) is 12.3 Å². The molecule has 0 spiro atoms. The lowest BCUT2D eigenvalue weighted by Gasteiger charge is -2.13. The zero-order chi connectivity index (χ0) is 13.2. The third-order valence-electron chi connectivity index (χ3n) is 3.36. The van der Waals surface area contributed by atoms with Crippen molar-refractivity contribution in [3.05, 3.63) is 29.8 Å². The van der Waals surface area contributed by atoms with Crippen LogP contribution >= 0.6 is 0 Å². The molecule has 3 nitrogen and oxygen atoms in total. The predicted octanol–water partition coefficient (Wildman–Crippen LogP) is 2.54. The molecular weight excluding hydrogens is 246 g/mol.